The molecule has 33 heavy (non-hydrogen) atoms. The average molecular weight is 507 g/mol. The zero-order valence-corrected chi connectivity index (χ0v) is 19.3. The van der Waals surface area contributed by atoms with Crippen molar-refractivity contribution in [3.63, 3.8) is 0 Å². The predicted molar refractivity (Wildman–Crippen MR) is 129 cm³/mol. The molecular formula is C26H20BrFN2O3. The lowest BCUT2D eigenvalue weighted by Gasteiger charge is -2.22. The molecule has 0 spiro atoms. The largest absolute Gasteiger partial charge is 0.479 e. The van der Waals surface area contributed by atoms with E-state index in [1.54, 1.807) is 37.3 Å². The van der Waals surface area contributed by atoms with Crippen molar-refractivity contribution in [2.45, 2.75) is 12.6 Å². The average Bonchev–Trinajstić information content (AvgIpc) is 2.83. The van der Waals surface area contributed by atoms with Gasteiger partial charge in [-0.05, 0) is 30.7 Å². The number of carboxylic acid groups (broad SMARTS) is 1. The number of carboxylic acids is 1. The van der Waals surface area contributed by atoms with E-state index >= 15 is 4.39 Å². The molecule has 0 bridgehead atoms. The van der Waals surface area contributed by atoms with Crippen molar-refractivity contribution in [2.24, 2.45) is 0 Å². The summed E-state index contributed by atoms with van der Waals surface area (Å²) in [7, 11) is 0. The quantitative estimate of drug-likeness (QED) is 0.354. The number of benzene rings is 3. The second-order valence-electron chi connectivity index (χ2n) is 7.64. The van der Waals surface area contributed by atoms with Crippen molar-refractivity contribution in [2.75, 3.05) is 6.54 Å². The number of aromatic nitrogens is 1. The summed E-state index contributed by atoms with van der Waals surface area (Å²) >= 11 is 3.43. The van der Waals surface area contributed by atoms with E-state index in [9.17, 15) is 14.7 Å². The molecule has 2 N–H and O–H groups in total. The van der Waals surface area contributed by atoms with Gasteiger partial charge in [0, 0.05) is 21.0 Å². The van der Waals surface area contributed by atoms with Gasteiger partial charge in [0.2, 0.25) is 5.67 Å². The van der Waals surface area contributed by atoms with Gasteiger partial charge in [-0.15, -0.1) is 0 Å². The Balaban J connectivity index is 1.78. The SMILES string of the molecule is Cc1c(-c2ccccc2)nc2ccc(Br)cc2c1C(=O)NC[C@](F)(C(=O)O)c1ccccc1. The molecule has 0 unspecified atom stereocenters. The van der Waals surface area contributed by atoms with Gasteiger partial charge in [0.25, 0.3) is 5.91 Å². The summed E-state index contributed by atoms with van der Waals surface area (Å²) in [6, 6.07) is 22.4. The number of carbonyl (C=O) groups is 2. The summed E-state index contributed by atoms with van der Waals surface area (Å²) in [4.78, 5) is 29.9. The van der Waals surface area contributed by atoms with Gasteiger partial charge in [-0.2, -0.15) is 0 Å². The smallest absolute Gasteiger partial charge is 0.348 e. The summed E-state index contributed by atoms with van der Waals surface area (Å²) in [6.45, 7) is 1.06. The molecule has 0 aliphatic rings. The highest BCUT2D eigenvalue weighted by Crippen LogP contribution is 2.32. The van der Waals surface area contributed by atoms with E-state index < -0.39 is 24.1 Å². The van der Waals surface area contributed by atoms with Gasteiger partial charge in [0.05, 0.1) is 23.3 Å². The molecule has 0 aliphatic carbocycles. The Kier molecular flexibility index (Phi) is 6.24. The molecule has 7 heteroatoms. The lowest BCUT2D eigenvalue weighted by Crippen LogP contribution is -2.43. The number of aliphatic carboxylic acids is 1. The van der Waals surface area contributed by atoms with E-state index in [1.807, 2.05) is 36.4 Å². The fourth-order valence-corrected chi connectivity index (χ4v) is 4.16. The summed E-state index contributed by atoms with van der Waals surface area (Å²) in [5.74, 6) is -2.24. The number of nitrogens with one attached hydrogen (secondary N) is 1. The molecule has 0 radical (unpaired) electrons. The van der Waals surface area contributed by atoms with Crippen LogP contribution in [0.25, 0.3) is 22.2 Å². The Morgan fingerprint density at radius 1 is 1.03 bits per heavy atom. The molecule has 166 valence electrons. The van der Waals surface area contributed by atoms with Crippen LogP contribution in [-0.2, 0) is 10.5 Å². The van der Waals surface area contributed by atoms with Gasteiger partial charge >= 0.3 is 5.97 Å². The first-order chi connectivity index (χ1) is 15.8. The van der Waals surface area contributed by atoms with Crippen molar-refractivity contribution < 1.29 is 19.1 Å². The third-order valence-electron chi connectivity index (χ3n) is 5.53. The number of nitrogens with zero attached hydrogens (tertiary/aromatic N) is 1. The Hall–Kier alpha value is -3.58. The number of alkyl halides is 1. The number of pyridine rings is 1. The molecule has 1 atom stereocenters. The van der Waals surface area contributed by atoms with Crippen LogP contribution < -0.4 is 5.32 Å². The highest BCUT2D eigenvalue weighted by atomic mass is 79.9. The van der Waals surface area contributed by atoms with Crippen LogP contribution in [0.4, 0.5) is 4.39 Å². The predicted octanol–water partition coefficient (Wildman–Crippen LogP) is 5.65. The van der Waals surface area contributed by atoms with Gasteiger partial charge in [0.1, 0.15) is 0 Å². The van der Waals surface area contributed by atoms with Gasteiger partial charge in [0.15, 0.2) is 0 Å². The molecule has 5 nitrogen and oxygen atoms in total. The number of hydrogen-bond donors (Lipinski definition) is 2. The first kappa shape index (κ1) is 22.6. The van der Waals surface area contributed by atoms with E-state index in [0.717, 1.165) is 10.0 Å². The minimum Gasteiger partial charge on any atom is -0.479 e. The zero-order valence-electron chi connectivity index (χ0n) is 17.7. The molecule has 1 heterocycles. The Morgan fingerprint density at radius 3 is 2.30 bits per heavy atom. The second kappa shape index (κ2) is 9.11. The molecule has 0 saturated heterocycles. The number of carbonyl (C=O) groups excluding carboxylic acids is 1. The highest BCUT2D eigenvalue weighted by molar-refractivity contribution is 9.10. The van der Waals surface area contributed by atoms with Crippen molar-refractivity contribution in [1.29, 1.82) is 0 Å². The lowest BCUT2D eigenvalue weighted by atomic mass is 9.94. The monoisotopic (exact) mass is 506 g/mol. The highest BCUT2D eigenvalue weighted by Gasteiger charge is 2.41. The summed E-state index contributed by atoms with van der Waals surface area (Å²) in [6.07, 6.45) is 0. The molecule has 0 aliphatic heterocycles. The van der Waals surface area contributed by atoms with Crippen LogP contribution in [0.2, 0.25) is 0 Å². The molecule has 4 aromatic rings. The third kappa shape index (κ3) is 4.36. The van der Waals surface area contributed by atoms with E-state index in [4.69, 9.17) is 4.98 Å². The number of amides is 1. The molecule has 0 fully saturated rings. The van der Waals surface area contributed by atoms with Crippen LogP contribution in [-0.4, -0.2) is 28.5 Å². The molecule has 4 rings (SSSR count). The molecular weight excluding hydrogens is 487 g/mol. The maximum absolute atomic E-state index is 15.5. The summed E-state index contributed by atoms with van der Waals surface area (Å²) in [5, 5.41) is 12.7. The first-order valence-electron chi connectivity index (χ1n) is 10.2. The van der Waals surface area contributed by atoms with Crippen LogP contribution >= 0.6 is 15.9 Å². The minimum absolute atomic E-state index is 0.0400. The minimum atomic E-state index is -2.77. The van der Waals surface area contributed by atoms with Crippen molar-refractivity contribution in [3.05, 3.63) is 100 Å². The van der Waals surface area contributed by atoms with E-state index in [0.29, 0.717) is 27.7 Å². The normalized spacial score (nSPS) is 12.8. The molecule has 1 amide bonds. The van der Waals surface area contributed by atoms with E-state index in [-0.39, 0.29) is 5.56 Å². The van der Waals surface area contributed by atoms with Crippen LogP contribution in [0.3, 0.4) is 0 Å². The van der Waals surface area contributed by atoms with Gasteiger partial charge < -0.3 is 10.4 Å². The Morgan fingerprint density at radius 2 is 1.67 bits per heavy atom. The number of rotatable bonds is 6. The zero-order chi connectivity index (χ0) is 23.6. The first-order valence-corrected chi connectivity index (χ1v) is 11.0. The Labute approximate surface area is 198 Å². The number of hydrogen-bond acceptors (Lipinski definition) is 3. The standard InChI is InChI=1S/C26H20BrFN2O3/c1-16-22(24(31)29-15-26(28,25(32)33)18-10-6-3-7-11-18)20-14-19(27)12-13-21(20)30-23(16)17-8-4-2-5-9-17/h2-14H,15H2,1H3,(H,29,31)(H,32,33)/t26-/m1/s1. The summed E-state index contributed by atoms with van der Waals surface area (Å²) in [5.41, 5.74) is 0.190. The topological polar surface area (TPSA) is 79.3 Å². The maximum atomic E-state index is 15.5. The van der Waals surface area contributed by atoms with Gasteiger partial charge in [-0.3, -0.25) is 4.79 Å². The van der Waals surface area contributed by atoms with Crippen molar-refractivity contribution >= 4 is 38.7 Å². The van der Waals surface area contributed by atoms with Gasteiger partial charge in [-0.1, -0.05) is 76.6 Å². The fraction of sp³-hybridized carbons (Fsp3) is 0.115. The molecule has 3 aromatic carbocycles. The van der Waals surface area contributed by atoms with E-state index in [1.165, 1.54) is 12.1 Å². The van der Waals surface area contributed by atoms with Gasteiger partial charge in [-0.25, -0.2) is 14.2 Å². The molecule has 0 saturated carbocycles. The van der Waals surface area contributed by atoms with Crippen LogP contribution in [0.5, 0.6) is 0 Å². The van der Waals surface area contributed by atoms with E-state index in [2.05, 4.69) is 21.2 Å². The van der Waals surface area contributed by atoms with Crippen LogP contribution in [0, 0.1) is 6.92 Å². The van der Waals surface area contributed by atoms with Crippen LogP contribution in [0.1, 0.15) is 21.5 Å². The third-order valence-corrected chi connectivity index (χ3v) is 6.02. The lowest BCUT2D eigenvalue weighted by molar-refractivity contribution is -0.151. The van der Waals surface area contributed by atoms with Crippen molar-refractivity contribution in [3.8, 4) is 11.3 Å². The number of halogens is 2. The second-order valence-corrected chi connectivity index (χ2v) is 8.56. The summed E-state index contributed by atoms with van der Waals surface area (Å²) < 4.78 is 16.3. The Bertz CT molecular complexity index is 1350. The molecule has 1 aromatic heterocycles. The fourth-order valence-electron chi connectivity index (χ4n) is 3.79. The van der Waals surface area contributed by atoms with Crippen LogP contribution in [0.15, 0.2) is 83.3 Å². The number of fused-ring (bicyclic) bond motifs is 1. The maximum Gasteiger partial charge on any atom is 0.348 e. The van der Waals surface area contributed by atoms with Crippen molar-refractivity contribution in [1.82, 2.24) is 10.3 Å².